The van der Waals surface area contributed by atoms with Crippen LogP contribution in [0.5, 0.6) is 11.5 Å². The van der Waals surface area contributed by atoms with Crippen LogP contribution in [0.3, 0.4) is 0 Å². The smallest absolute Gasteiger partial charge is 0.292 e. The summed E-state index contributed by atoms with van der Waals surface area (Å²) in [6.07, 6.45) is 2.36. The summed E-state index contributed by atoms with van der Waals surface area (Å²) in [5, 5.41) is 8.01. The first-order valence-electron chi connectivity index (χ1n) is 8.78. The topological polar surface area (TPSA) is 65.4 Å². The number of ether oxygens (including phenoxy) is 2. The number of para-hydroxylation sites is 1. The summed E-state index contributed by atoms with van der Waals surface area (Å²) >= 11 is 12.2. The van der Waals surface area contributed by atoms with Gasteiger partial charge in [0.25, 0.3) is 5.56 Å². The number of rotatable bonds is 4. The zero-order valence-corrected chi connectivity index (χ0v) is 16.3. The van der Waals surface area contributed by atoms with Gasteiger partial charge in [-0.05, 0) is 30.3 Å². The molecule has 28 heavy (non-hydrogen) atoms. The molecular weight excluding hydrogens is 401 g/mol. The highest BCUT2D eigenvalue weighted by Gasteiger charge is 2.16. The van der Waals surface area contributed by atoms with Gasteiger partial charge < -0.3 is 14.8 Å². The lowest BCUT2D eigenvalue weighted by atomic mass is 10.2. The third kappa shape index (κ3) is 3.79. The van der Waals surface area contributed by atoms with Gasteiger partial charge in [-0.1, -0.05) is 35.3 Å². The van der Waals surface area contributed by atoms with Crippen molar-refractivity contribution in [1.82, 2.24) is 9.78 Å². The molecule has 0 spiro atoms. The van der Waals surface area contributed by atoms with Crippen LogP contribution in [0.25, 0.3) is 5.69 Å². The fraction of sp³-hybridized carbons (Fsp3) is 0.200. The maximum atomic E-state index is 12.6. The molecule has 2 aromatic carbocycles. The number of benzene rings is 2. The number of nitrogens with one attached hydrogen (secondary N) is 1. The summed E-state index contributed by atoms with van der Waals surface area (Å²) in [6, 6.07) is 12.5. The van der Waals surface area contributed by atoms with E-state index in [4.69, 9.17) is 32.7 Å². The summed E-state index contributed by atoms with van der Waals surface area (Å²) in [5.74, 6) is 1.44. The van der Waals surface area contributed by atoms with Crippen LogP contribution < -0.4 is 20.3 Å². The second kappa shape index (κ2) is 8.12. The normalized spacial score (nSPS) is 13.1. The van der Waals surface area contributed by atoms with Crippen LogP contribution in [0.4, 0.5) is 5.69 Å². The van der Waals surface area contributed by atoms with Crippen molar-refractivity contribution in [3.63, 3.8) is 0 Å². The predicted octanol–water partition coefficient (Wildman–Crippen LogP) is 4.31. The van der Waals surface area contributed by atoms with Crippen molar-refractivity contribution in [2.45, 2.75) is 13.0 Å². The van der Waals surface area contributed by atoms with Gasteiger partial charge in [0.2, 0.25) is 0 Å². The molecule has 0 atom stereocenters. The minimum absolute atomic E-state index is 0.0594. The van der Waals surface area contributed by atoms with E-state index in [2.05, 4.69) is 10.4 Å². The van der Waals surface area contributed by atoms with Gasteiger partial charge in [0.15, 0.2) is 11.5 Å². The molecule has 0 bridgehead atoms. The van der Waals surface area contributed by atoms with Crippen LogP contribution in [0.2, 0.25) is 10.0 Å². The lowest BCUT2D eigenvalue weighted by molar-refractivity contribution is 0.296. The third-order valence-electron chi connectivity index (χ3n) is 4.31. The highest BCUT2D eigenvalue weighted by atomic mass is 35.5. The number of hydrogen-bond acceptors (Lipinski definition) is 5. The van der Waals surface area contributed by atoms with Crippen molar-refractivity contribution in [2.75, 3.05) is 18.5 Å². The van der Waals surface area contributed by atoms with E-state index in [9.17, 15) is 4.79 Å². The molecule has 1 aliphatic heterocycles. The SMILES string of the molecule is O=c1c(Cl)c(NCc2cccc3c2OCCCO3)cnn1-c1ccc(Cl)cc1. The van der Waals surface area contributed by atoms with Crippen molar-refractivity contribution >= 4 is 28.9 Å². The second-order valence-corrected chi connectivity index (χ2v) is 7.03. The summed E-state index contributed by atoms with van der Waals surface area (Å²) in [5.41, 5.74) is 1.53. The molecular formula is C20H17Cl2N3O3. The Balaban J connectivity index is 1.57. The van der Waals surface area contributed by atoms with Gasteiger partial charge in [0, 0.05) is 23.6 Å². The van der Waals surface area contributed by atoms with Gasteiger partial charge in [-0.2, -0.15) is 9.78 Å². The van der Waals surface area contributed by atoms with Crippen LogP contribution in [-0.2, 0) is 6.54 Å². The van der Waals surface area contributed by atoms with E-state index >= 15 is 0 Å². The molecule has 1 aromatic heterocycles. The van der Waals surface area contributed by atoms with E-state index in [0.717, 1.165) is 17.7 Å². The lowest BCUT2D eigenvalue weighted by Gasteiger charge is -2.14. The molecule has 1 N–H and O–H groups in total. The molecule has 0 fully saturated rings. The van der Waals surface area contributed by atoms with E-state index in [0.29, 0.717) is 41.9 Å². The maximum absolute atomic E-state index is 12.6. The van der Waals surface area contributed by atoms with Gasteiger partial charge in [-0.15, -0.1) is 0 Å². The highest BCUT2D eigenvalue weighted by Crippen LogP contribution is 2.33. The minimum Gasteiger partial charge on any atom is -0.490 e. The Hall–Kier alpha value is -2.70. The van der Waals surface area contributed by atoms with Crippen LogP contribution in [-0.4, -0.2) is 23.0 Å². The van der Waals surface area contributed by atoms with E-state index in [-0.39, 0.29) is 5.02 Å². The number of anilines is 1. The molecule has 8 heteroatoms. The Kier molecular flexibility index (Phi) is 5.41. The van der Waals surface area contributed by atoms with Crippen molar-refractivity contribution in [3.05, 3.63) is 74.6 Å². The van der Waals surface area contributed by atoms with Crippen LogP contribution >= 0.6 is 23.2 Å². The Morgan fingerprint density at radius 2 is 1.86 bits per heavy atom. The summed E-state index contributed by atoms with van der Waals surface area (Å²) in [4.78, 5) is 12.6. The van der Waals surface area contributed by atoms with Gasteiger partial charge >= 0.3 is 0 Å². The first kappa shape index (κ1) is 18.7. The summed E-state index contributed by atoms with van der Waals surface area (Å²) < 4.78 is 12.8. The fourth-order valence-corrected chi connectivity index (χ4v) is 3.23. The third-order valence-corrected chi connectivity index (χ3v) is 4.93. The van der Waals surface area contributed by atoms with Crippen LogP contribution in [0, 0.1) is 0 Å². The first-order chi connectivity index (χ1) is 13.6. The Bertz CT molecular complexity index is 1050. The fourth-order valence-electron chi connectivity index (χ4n) is 2.91. The minimum atomic E-state index is -0.416. The lowest BCUT2D eigenvalue weighted by Crippen LogP contribution is -2.22. The van der Waals surface area contributed by atoms with Gasteiger partial charge in [0.05, 0.1) is 30.8 Å². The largest absolute Gasteiger partial charge is 0.490 e. The molecule has 0 saturated heterocycles. The average Bonchev–Trinajstić information content (AvgIpc) is 2.96. The molecule has 0 saturated carbocycles. The number of nitrogens with zero attached hydrogens (tertiary/aromatic N) is 2. The van der Waals surface area contributed by atoms with Gasteiger partial charge in [0.1, 0.15) is 5.02 Å². The highest BCUT2D eigenvalue weighted by molar-refractivity contribution is 6.33. The molecule has 0 aliphatic carbocycles. The molecule has 0 radical (unpaired) electrons. The van der Waals surface area contributed by atoms with Gasteiger partial charge in [-0.25, -0.2) is 0 Å². The molecule has 2 heterocycles. The quantitative estimate of drug-likeness (QED) is 0.684. The summed E-state index contributed by atoms with van der Waals surface area (Å²) in [7, 11) is 0. The van der Waals surface area contributed by atoms with E-state index in [1.165, 1.54) is 10.9 Å². The van der Waals surface area contributed by atoms with Crippen molar-refractivity contribution in [3.8, 4) is 17.2 Å². The molecule has 1 aliphatic rings. The van der Waals surface area contributed by atoms with Crippen molar-refractivity contribution < 1.29 is 9.47 Å². The predicted molar refractivity (Wildman–Crippen MR) is 109 cm³/mol. The number of aromatic nitrogens is 2. The van der Waals surface area contributed by atoms with Crippen LogP contribution in [0.1, 0.15) is 12.0 Å². The Morgan fingerprint density at radius 3 is 2.68 bits per heavy atom. The Morgan fingerprint density at radius 1 is 1.07 bits per heavy atom. The van der Waals surface area contributed by atoms with Gasteiger partial charge in [-0.3, -0.25) is 4.79 Å². The summed E-state index contributed by atoms with van der Waals surface area (Å²) in [6.45, 7) is 1.64. The zero-order chi connectivity index (χ0) is 19.5. The standard InChI is InChI=1S/C20H17Cl2N3O3/c21-14-5-7-15(8-6-14)25-20(26)18(22)16(12-24-25)23-11-13-3-1-4-17-19(13)28-10-2-9-27-17/h1,3-8,12,23H,2,9-11H2. The zero-order valence-electron chi connectivity index (χ0n) is 14.8. The molecule has 0 unspecified atom stereocenters. The molecule has 6 nitrogen and oxygen atoms in total. The Labute approximate surface area is 171 Å². The molecule has 144 valence electrons. The number of halogens is 2. The first-order valence-corrected chi connectivity index (χ1v) is 9.54. The van der Waals surface area contributed by atoms with Crippen molar-refractivity contribution in [1.29, 1.82) is 0 Å². The van der Waals surface area contributed by atoms with Crippen molar-refractivity contribution in [2.24, 2.45) is 0 Å². The van der Waals surface area contributed by atoms with Crippen LogP contribution in [0.15, 0.2) is 53.5 Å². The van der Waals surface area contributed by atoms with E-state index in [1.54, 1.807) is 24.3 Å². The molecule has 0 amide bonds. The molecule has 4 rings (SSSR count). The second-order valence-electron chi connectivity index (χ2n) is 6.21. The number of fused-ring (bicyclic) bond motifs is 1. The van der Waals surface area contributed by atoms with E-state index < -0.39 is 5.56 Å². The number of hydrogen-bond donors (Lipinski definition) is 1. The monoisotopic (exact) mass is 417 g/mol. The molecule has 3 aromatic rings. The average molecular weight is 418 g/mol. The maximum Gasteiger partial charge on any atom is 0.292 e. The van der Waals surface area contributed by atoms with E-state index in [1.807, 2.05) is 18.2 Å².